The molecule has 4 N–H and O–H groups in total. The molecule has 3 aromatic heterocycles. The van der Waals surface area contributed by atoms with E-state index in [-0.39, 0.29) is 0 Å². The summed E-state index contributed by atoms with van der Waals surface area (Å²) < 4.78 is 0. The predicted molar refractivity (Wildman–Crippen MR) is 95.3 cm³/mol. The summed E-state index contributed by atoms with van der Waals surface area (Å²) in [6.45, 7) is 0.666. The molecule has 6 nitrogen and oxygen atoms in total. The van der Waals surface area contributed by atoms with Crippen LogP contribution in [0.2, 0.25) is 0 Å². The largest absolute Gasteiger partial charge is 0.399 e. The van der Waals surface area contributed by atoms with Gasteiger partial charge >= 0.3 is 0 Å². The van der Waals surface area contributed by atoms with E-state index in [1.54, 1.807) is 18.6 Å². The summed E-state index contributed by atoms with van der Waals surface area (Å²) in [5, 5.41) is 3.36. The lowest BCUT2D eigenvalue weighted by Gasteiger charge is -2.09. The average molecular weight is 316 g/mol. The molecule has 0 fully saturated rings. The Morgan fingerprint density at radius 3 is 2.79 bits per heavy atom. The van der Waals surface area contributed by atoms with Crippen molar-refractivity contribution in [1.29, 1.82) is 0 Å². The van der Waals surface area contributed by atoms with E-state index < -0.39 is 0 Å². The minimum Gasteiger partial charge on any atom is -0.399 e. The lowest BCUT2D eigenvalue weighted by atomic mass is 10.2. The zero-order chi connectivity index (χ0) is 16.4. The molecule has 0 aliphatic heterocycles. The molecule has 0 saturated carbocycles. The third-order valence-electron chi connectivity index (χ3n) is 3.78. The van der Waals surface area contributed by atoms with Crippen molar-refractivity contribution in [2.24, 2.45) is 0 Å². The number of hydrogen-bond donors (Lipinski definition) is 3. The summed E-state index contributed by atoms with van der Waals surface area (Å²) in [4.78, 5) is 16.4. The van der Waals surface area contributed by atoms with E-state index in [4.69, 9.17) is 5.73 Å². The number of hydrogen-bond acceptors (Lipinski definition) is 5. The Morgan fingerprint density at radius 1 is 1.04 bits per heavy atom. The van der Waals surface area contributed by atoms with Crippen LogP contribution in [0.1, 0.15) is 5.56 Å². The maximum atomic E-state index is 5.84. The lowest BCUT2D eigenvalue weighted by molar-refractivity contribution is 1.09. The van der Waals surface area contributed by atoms with Crippen molar-refractivity contribution in [3.05, 3.63) is 66.6 Å². The van der Waals surface area contributed by atoms with E-state index in [1.165, 1.54) is 0 Å². The van der Waals surface area contributed by atoms with Crippen LogP contribution in [0.3, 0.4) is 0 Å². The van der Waals surface area contributed by atoms with Gasteiger partial charge in [-0.1, -0.05) is 0 Å². The number of rotatable bonds is 4. The number of pyridine rings is 2. The maximum absolute atomic E-state index is 5.84. The Morgan fingerprint density at radius 2 is 1.92 bits per heavy atom. The molecule has 0 aliphatic rings. The number of aromatic amines is 1. The molecule has 24 heavy (non-hydrogen) atoms. The third-order valence-corrected chi connectivity index (χ3v) is 3.78. The van der Waals surface area contributed by atoms with Crippen LogP contribution in [0.15, 0.2) is 61.1 Å². The fraction of sp³-hybridized carbons (Fsp3) is 0.0556. The molecule has 4 aromatic rings. The van der Waals surface area contributed by atoms with Crippen LogP contribution in [0.25, 0.3) is 22.4 Å². The van der Waals surface area contributed by atoms with Crippen molar-refractivity contribution in [2.75, 3.05) is 11.1 Å². The maximum Gasteiger partial charge on any atom is 0.142 e. The summed E-state index contributed by atoms with van der Waals surface area (Å²) in [7, 11) is 0. The van der Waals surface area contributed by atoms with Gasteiger partial charge in [0.2, 0.25) is 0 Å². The number of nitrogen functional groups attached to an aromatic ring is 1. The fourth-order valence-corrected chi connectivity index (χ4v) is 2.58. The number of nitrogens with two attached hydrogens (primary N) is 1. The Labute approximate surface area is 138 Å². The molecule has 0 unspecified atom stereocenters. The lowest BCUT2D eigenvalue weighted by Crippen LogP contribution is -2.03. The number of nitrogens with one attached hydrogen (secondary N) is 2. The van der Waals surface area contributed by atoms with Gasteiger partial charge in [0.25, 0.3) is 0 Å². The second-order valence-electron chi connectivity index (χ2n) is 5.47. The Bertz CT molecular complexity index is 977. The second kappa shape index (κ2) is 6.00. The zero-order valence-corrected chi connectivity index (χ0v) is 12.9. The molecule has 1 aromatic carbocycles. The first kappa shape index (κ1) is 14.2. The standard InChI is InChI=1S/C18H16N6/c19-13-3-4-15-16(10-13)24-18(23-15)14-2-1-7-21-17(14)22-11-12-5-8-20-9-6-12/h1-10H,11,19H2,(H,21,22)(H,23,24). The molecule has 6 heteroatoms. The second-order valence-corrected chi connectivity index (χ2v) is 5.47. The van der Waals surface area contributed by atoms with Gasteiger partial charge in [0.1, 0.15) is 11.6 Å². The molecule has 0 atom stereocenters. The summed E-state index contributed by atoms with van der Waals surface area (Å²) in [6, 6.07) is 13.5. The van der Waals surface area contributed by atoms with E-state index in [2.05, 4.69) is 25.3 Å². The van der Waals surface area contributed by atoms with Gasteiger partial charge in [0, 0.05) is 30.8 Å². The first-order chi connectivity index (χ1) is 11.8. The summed E-state index contributed by atoms with van der Waals surface area (Å²) in [5.41, 5.74) is 10.4. The predicted octanol–water partition coefficient (Wildman–Crippen LogP) is 3.21. The molecule has 118 valence electrons. The minimum absolute atomic E-state index is 0.666. The molecular formula is C18H16N6. The van der Waals surface area contributed by atoms with Gasteiger partial charge in [-0.25, -0.2) is 9.97 Å². The van der Waals surface area contributed by atoms with Gasteiger partial charge in [0.05, 0.1) is 16.6 Å². The number of aromatic nitrogens is 4. The van der Waals surface area contributed by atoms with Crippen molar-refractivity contribution >= 4 is 22.5 Å². The van der Waals surface area contributed by atoms with E-state index in [9.17, 15) is 0 Å². The van der Waals surface area contributed by atoms with Crippen LogP contribution in [0, 0.1) is 0 Å². The first-order valence-corrected chi connectivity index (χ1v) is 7.63. The van der Waals surface area contributed by atoms with Crippen molar-refractivity contribution in [1.82, 2.24) is 19.9 Å². The van der Waals surface area contributed by atoms with Crippen molar-refractivity contribution in [3.63, 3.8) is 0 Å². The highest BCUT2D eigenvalue weighted by atomic mass is 15.0. The van der Waals surface area contributed by atoms with Crippen molar-refractivity contribution in [2.45, 2.75) is 6.54 Å². The number of nitrogens with zero attached hydrogens (tertiary/aromatic N) is 3. The molecule has 0 amide bonds. The molecule has 0 bridgehead atoms. The molecular weight excluding hydrogens is 300 g/mol. The highest BCUT2D eigenvalue weighted by molar-refractivity contribution is 5.84. The van der Waals surface area contributed by atoms with Crippen LogP contribution in [0.5, 0.6) is 0 Å². The Balaban J connectivity index is 1.67. The summed E-state index contributed by atoms with van der Waals surface area (Å²) in [5.74, 6) is 1.54. The van der Waals surface area contributed by atoms with Crippen LogP contribution >= 0.6 is 0 Å². The Kier molecular flexibility index (Phi) is 3.55. The van der Waals surface area contributed by atoms with Crippen molar-refractivity contribution < 1.29 is 0 Å². The van der Waals surface area contributed by atoms with E-state index >= 15 is 0 Å². The molecule has 0 radical (unpaired) electrons. The first-order valence-electron chi connectivity index (χ1n) is 7.63. The minimum atomic E-state index is 0.666. The third kappa shape index (κ3) is 2.77. The smallest absolute Gasteiger partial charge is 0.142 e. The Hall–Kier alpha value is -3.41. The highest BCUT2D eigenvalue weighted by Crippen LogP contribution is 2.26. The number of imidazole rings is 1. The average Bonchev–Trinajstić information content (AvgIpc) is 3.04. The normalized spacial score (nSPS) is 10.8. The topological polar surface area (TPSA) is 92.5 Å². The monoisotopic (exact) mass is 316 g/mol. The molecule has 0 saturated heterocycles. The number of H-pyrrole nitrogens is 1. The number of benzene rings is 1. The van der Waals surface area contributed by atoms with E-state index in [0.717, 1.165) is 33.8 Å². The van der Waals surface area contributed by atoms with E-state index in [0.29, 0.717) is 12.2 Å². The summed E-state index contributed by atoms with van der Waals surface area (Å²) >= 11 is 0. The molecule has 3 heterocycles. The van der Waals surface area contributed by atoms with Gasteiger partial charge in [-0.3, -0.25) is 4.98 Å². The molecule has 0 aliphatic carbocycles. The number of fused-ring (bicyclic) bond motifs is 1. The van der Waals surface area contributed by atoms with Gasteiger partial charge in [-0.05, 0) is 48.0 Å². The quantitative estimate of drug-likeness (QED) is 0.503. The van der Waals surface area contributed by atoms with Crippen LogP contribution in [-0.2, 0) is 6.54 Å². The highest BCUT2D eigenvalue weighted by Gasteiger charge is 2.11. The van der Waals surface area contributed by atoms with Gasteiger partial charge in [-0.15, -0.1) is 0 Å². The van der Waals surface area contributed by atoms with Gasteiger partial charge in [0.15, 0.2) is 0 Å². The summed E-state index contributed by atoms with van der Waals surface area (Å²) in [6.07, 6.45) is 5.32. The van der Waals surface area contributed by atoms with E-state index in [1.807, 2.05) is 42.5 Å². The number of anilines is 2. The fourth-order valence-electron chi connectivity index (χ4n) is 2.58. The molecule has 0 spiro atoms. The van der Waals surface area contributed by atoms with Gasteiger partial charge in [-0.2, -0.15) is 0 Å². The van der Waals surface area contributed by atoms with Crippen LogP contribution in [0.4, 0.5) is 11.5 Å². The van der Waals surface area contributed by atoms with Gasteiger partial charge < -0.3 is 16.0 Å². The van der Waals surface area contributed by atoms with Crippen LogP contribution in [-0.4, -0.2) is 19.9 Å². The van der Waals surface area contributed by atoms with Crippen LogP contribution < -0.4 is 11.1 Å². The van der Waals surface area contributed by atoms with Crippen molar-refractivity contribution in [3.8, 4) is 11.4 Å². The zero-order valence-electron chi connectivity index (χ0n) is 12.9. The molecule has 4 rings (SSSR count). The SMILES string of the molecule is Nc1ccc2nc(-c3cccnc3NCc3ccncc3)[nH]c2c1.